The highest BCUT2D eigenvalue weighted by atomic mass is 32.2. The molecule has 1 aliphatic heterocycles. The average molecular weight is 344 g/mol. The molecule has 4 nitrogen and oxygen atoms in total. The molecule has 0 aromatic heterocycles. The van der Waals surface area contributed by atoms with Crippen molar-refractivity contribution in [3.8, 4) is 0 Å². The number of carbonyl (C=O) groups is 1. The minimum absolute atomic E-state index is 0.638. The number of fused-ring (bicyclic) bond motifs is 1. The highest BCUT2D eigenvalue weighted by Crippen LogP contribution is 2.28. The van der Waals surface area contributed by atoms with Crippen molar-refractivity contribution in [2.24, 2.45) is 0 Å². The Morgan fingerprint density at radius 2 is 1.71 bits per heavy atom. The molecule has 24 heavy (non-hydrogen) atoms. The zero-order valence-corrected chi connectivity index (χ0v) is 15.3. The average Bonchev–Trinajstić information content (AvgIpc) is 2.92. The van der Waals surface area contributed by atoms with E-state index in [0.717, 1.165) is 35.5 Å². The van der Waals surface area contributed by atoms with Crippen molar-refractivity contribution in [1.82, 2.24) is 0 Å². The summed E-state index contributed by atoms with van der Waals surface area (Å²) in [6.45, 7) is 6.24. The largest absolute Gasteiger partial charge is 0.372 e. The van der Waals surface area contributed by atoms with Crippen LogP contribution in [0.1, 0.15) is 24.2 Å². The Morgan fingerprint density at radius 1 is 1.08 bits per heavy atom. The van der Waals surface area contributed by atoms with E-state index in [1.807, 2.05) is 60.5 Å². The minimum atomic E-state index is -0.802. The van der Waals surface area contributed by atoms with Crippen molar-refractivity contribution < 1.29 is 9.00 Å². The first-order valence-electron chi connectivity index (χ1n) is 8.09. The first kappa shape index (κ1) is 18.2. The molecule has 0 amide bonds. The highest BCUT2D eigenvalue weighted by Gasteiger charge is 2.20. The van der Waals surface area contributed by atoms with Crippen LogP contribution in [-0.2, 0) is 10.8 Å². The van der Waals surface area contributed by atoms with E-state index in [9.17, 15) is 9.00 Å². The van der Waals surface area contributed by atoms with Gasteiger partial charge in [0, 0.05) is 31.4 Å². The fourth-order valence-corrected chi connectivity index (χ4v) is 3.95. The van der Waals surface area contributed by atoms with Crippen LogP contribution in [-0.4, -0.2) is 36.5 Å². The molecular weight excluding hydrogens is 320 g/mol. The summed E-state index contributed by atoms with van der Waals surface area (Å²) in [5.41, 5.74) is 3.01. The quantitative estimate of drug-likeness (QED) is 0.796. The van der Waals surface area contributed by atoms with E-state index >= 15 is 0 Å². The fraction of sp³-hybridized carbons (Fsp3) is 0.316. The molecule has 1 unspecified atom stereocenters. The van der Waals surface area contributed by atoms with Crippen molar-refractivity contribution in [3.63, 3.8) is 0 Å². The molecule has 128 valence electrons. The number of para-hydroxylation sites is 1. The standard InChI is InChI=1S/C11H15NO.C8H9NOS/c1-3-12(4-2)11-7-5-10(9-13)6-8-11;1-9-6-11(10)8-5-3-2-4-7(8)9/h5-9H,3-4H2,1-2H3;2-5H,6H2,1H3. The molecule has 0 bridgehead atoms. The maximum Gasteiger partial charge on any atom is 0.150 e. The van der Waals surface area contributed by atoms with Crippen LogP contribution in [0.25, 0.3) is 0 Å². The maximum atomic E-state index is 11.3. The number of benzene rings is 2. The smallest absolute Gasteiger partial charge is 0.150 e. The van der Waals surface area contributed by atoms with Crippen molar-refractivity contribution in [2.75, 3.05) is 35.8 Å². The van der Waals surface area contributed by atoms with Gasteiger partial charge in [-0.2, -0.15) is 0 Å². The summed E-state index contributed by atoms with van der Waals surface area (Å²) >= 11 is 0. The molecule has 0 N–H and O–H groups in total. The molecule has 0 fully saturated rings. The van der Waals surface area contributed by atoms with Crippen molar-refractivity contribution in [1.29, 1.82) is 0 Å². The predicted molar refractivity (Wildman–Crippen MR) is 102 cm³/mol. The normalized spacial score (nSPS) is 15.3. The maximum absolute atomic E-state index is 11.3. The van der Waals surface area contributed by atoms with Gasteiger partial charge in [0.1, 0.15) is 6.29 Å². The highest BCUT2D eigenvalue weighted by molar-refractivity contribution is 7.85. The molecule has 1 atom stereocenters. The van der Waals surface area contributed by atoms with Gasteiger partial charge >= 0.3 is 0 Å². The topological polar surface area (TPSA) is 40.6 Å². The third-order valence-electron chi connectivity index (χ3n) is 3.99. The van der Waals surface area contributed by atoms with Crippen LogP contribution < -0.4 is 9.80 Å². The van der Waals surface area contributed by atoms with Gasteiger partial charge in [-0.05, 0) is 50.2 Å². The van der Waals surface area contributed by atoms with Gasteiger partial charge in [-0.3, -0.25) is 9.00 Å². The molecule has 0 spiro atoms. The minimum Gasteiger partial charge on any atom is -0.372 e. The number of nitrogens with zero attached hydrogens (tertiary/aromatic N) is 2. The first-order valence-corrected chi connectivity index (χ1v) is 9.41. The zero-order valence-electron chi connectivity index (χ0n) is 14.4. The molecular formula is C19H24N2O2S. The van der Waals surface area contributed by atoms with Gasteiger partial charge in [0.05, 0.1) is 27.3 Å². The van der Waals surface area contributed by atoms with E-state index in [-0.39, 0.29) is 0 Å². The van der Waals surface area contributed by atoms with Gasteiger partial charge < -0.3 is 9.80 Å². The van der Waals surface area contributed by atoms with Gasteiger partial charge in [0.25, 0.3) is 0 Å². The van der Waals surface area contributed by atoms with Gasteiger partial charge in [0.2, 0.25) is 0 Å². The van der Waals surface area contributed by atoms with Crippen LogP contribution in [0.5, 0.6) is 0 Å². The van der Waals surface area contributed by atoms with Crippen molar-refractivity contribution in [2.45, 2.75) is 18.7 Å². The lowest BCUT2D eigenvalue weighted by molar-refractivity contribution is 0.112. The number of carbonyl (C=O) groups excluding carboxylic acids is 1. The summed E-state index contributed by atoms with van der Waals surface area (Å²) < 4.78 is 11.3. The lowest BCUT2D eigenvalue weighted by Gasteiger charge is -2.20. The fourth-order valence-electron chi connectivity index (χ4n) is 2.63. The second-order valence-electron chi connectivity index (χ2n) is 5.52. The summed E-state index contributed by atoms with van der Waals surface area (Å²) in [6, 6.07) is 15.5. The monoisotopic (exact) mass is 344 g/mol. The summed E-state index contributed by atoms with van der Waals surface area (Å²) in [5, 5.41) is 0. The Labute approximate surface area is 146 Å². The van der Waals surface area contributed by atoms with Gasteiger partial charge in [-0.1, -0.05) is 12.1 Å². The van der Waals surface area contributed by atoms with E-state index in [0.29, 0.717) is 5.88 Å². The second-order valence-corrected chi connectivity index (χ2v) is 6.91. The molecule has 0 saturated heterocycles. The van der Waals surface area contributed by atoms with E-state index < -0.39 is 10.8 Å². The van der Waals surface area contributed by atoms with Crippen LogP contribution in [0.4, 0.5) is 11.4 Å². The van der Waals surface area contributed by atoms with Gasteiger partial charge in [0.15, 0.2) is 0 Å². The molecule has 0 radical (unpaired) electrons. The summed E-state index contributed by atoms with van der Waals surface area (Å²) in [6.07, 6.45) is 0.867. The molecule has 5 heteroatoms. The Balaban J connectivity index is 0.000000175. The van der Waals surface area contributed by atoms with Crippen LogP contribution in [0.3, 0.4) is 0 Å². The Bertz CT molecular complexity index is 697. The summed E-state index contributed by atoms with van der Waals surface area (Å²) in [7, 11) is 1.16. The van der Waals surface area contributed by atoms with E-state index in [2.05, 4.69) is 18.7 Å². The summed E-state index contributed by atoms with van der Waals surface area (Å²) in [4.78, 5) is 15.6. The lowest BCUT2D eigenvalue weighted by atomic mass is 10.2. The Morgan fingerprint density at radius 3 is 2.25 bits per heavy atom. The third kappa shape index (κ3) is 4.23. The Hall–Kier alpha value is -2.14. The van der Waals surface area contributed by atoms with Crippen LogP contribution in [0, 0.1) is 0 Å². The molecule has 2 aromatic carbocycles. The van der Waals surface area contributed by atoms with Crippen LogP contribution in [0.2, 0.25) is 0 Å². The van der Waals surface area contributed by atoms with E-state index in [1.165, 1.54) is 5.69 Å². The molecule has 2 aromatic rings. The first-order chi connectivity index (χ1) is 11.6. The molecule has 3 rings (SSSR count). The molecule has 0 saturated carbocycles. The second kappa shape index (κ2) is 8.64. The van der Waals surface area contributed by atoms with E-state index in [1.54, 1.807) is 0 Å². The lowest BCUT2D eigenvalue weighted by Crippen LogP contribution is -2.21. The third-order valence-corrected chi connectivity index (χ3v) is 5.45. The SMILES string of the molecule is CCN(CC)c1ccc(C=O)cc1.CN1CS(=O)c2ccccc21. The van der Waals surface area contributed by atoms with Gasteiger partial charge in [-0.15, -0.1) is 0 Å². The number of aldehydes is 1. The van der Waals surface area contributed by atoms with Crippen LogP contribution >= 0.6 is 0 Å². The van der Waals surface area contributed by atoms with Crippen LogP contribution in [0.15, 0.2) is 53.4 Å². The van der Waals surface area contributed by atoms with E-state index in [4.69, 9.17) is 0 Å². The number of rotatable bonds is 4. The summed E-state index contributed by atoms with van der Waals surface area (Å²) in [5.74, 6) is 0.638. The molecule has 1 heterocycles. The molecule has 1 aliphatic rings. The molecule has 0 aliphatic carbocycles. The van der Waals surface area contributed by atoms with Crippen molar-refractivity contribution >= 4 is 28.5 Å². The number of hydrogen-bond acceptors (Lipinski definition) is 4. The predicted octanol–water partition coefficient (Wildman–Crippen LogP) is 3.55. The number of hydrogen-bond donors (Lipinski definition) is 0. The Kier molecular flexibility index (Phi) is 6.55. The zero-order chi connectivity index (χ0) is 17.5. The van der Waals surface area contributed by atoms with Crippen molar-refractivity contribution in [3.05, 3.63) is 54.1 Å². The van der Waals surface area contributed by atoms with Gasteiger partial charge in [-0.25, -0.2) is 0 Å². The number of anilines is 2.